The van der Waals surface area contributed by atoms with Crippen LogP contribution in [0.4, 0.5) is 0 Å². The molecule has 0 radical (unpaired) electrons. The van der Waals surface area contributed by atoms with Crippen molar-refractivity contribution in [3.8, 4) is 0 Å². The maximum absolute atomic E-state index is 3.54. The monoisotopic (exact) mass is 318 g/mol. The Hall–Kier alpha value is 0.180. The first-order chi connectivity index (χ1) is 6.56. The summed E-state index contributed by atoms with van der Waals surface area (Å²) < 4.78 is 1.19. The van der Waals surface area contributed by atoms with Crippen LogP contribution in [-0.2, 0) is 0 Å². The molecule has 2 heteroatoms. The van der Waals surface area contributed by atoms with Crippen molar-refractivity contribution in [1.82, 2.24) is 0 Å². The van der Waals surface area contributed by atoms with E-state index in [4.69, 9.17) is 0 Å². The van der Waals surface area contributed by atoms with Crippen molar-refractivity contribution in [3.05, 3.63) is 33.8 Å². The first kappa shape index (κ1) is 12.3. The molecule has 0 fully saturated rings. The molecule has 1 aromatic rings. The highest BCUT2D eigenvalue weighted by Gasteiger charge is 2.13. The minimum Gasteiger partial charge on any atom is -0.0925 e. The normalized spacial score (nSPS) is 15.2. The summed E-state index contributed by atoms with van der Waals surface area (Å²) >= 11 is 7.06. The molecule has 0 spiro atoms. The molecule has 0 bridgehead atoms. The van der Waals surface area contributed by atoms with Gasteiger partial charge in [0.15, 0.2) is 0 Å². The van der Waals surface area contributed by atoms with E-state index in [1.807, 2.05) is 0 Å². The van der Waals surface area contributed by atoms with Gasteiger partial charge in [0, 0.05) is 9.80 Å². The number of benzene rings is 1. The fourth-order valence-electron chi connectivity index (χ4n) is 1.41. The number of hydrogen-bond donors (Lipinski definition) is 0. The van der Waals surface area contributed by atoms with E-state index >= 15 is 0 Å². The first-order valence-corrected chi connectivity index (χ1v) is 6.79. The first-order valence-electron chi connectivity index (χ1n) is 4.88. The van der Waals surface area contributed by atoms with Crippen molar-refractivity contribution in [2.75, 3.05) is 5.33 Å². The fourth-order valence-corrected chi connectivity index (χ4v) is 2.22. The Morgan fingerprint density at radius 2 is 1.93 bits per heavy atom. The van der Waals surface area contributed by atoms with Gasteiger partial charge >= 0.3 is 0 Å². The molecule has 0 aliphatic carbocycles. The van der Waals surface area contributed by atoms with Gasteiger partial charge in [-0.3, -0.25) is 0 Å². The van der Waals surface area contributed by atoms with E-state index in [0.29, 0.717) is 11.8 Å². The van der Waals surface area contributed by atoms with Crippen LogP contribution in [0.3, 0.4) is 0 Å². The third-order valence-electron chi connectivity index (χ3n) is 2.80. The Morgan fingerprint density at radius 3 is 2.43 bits per heavy atom. The van der Waals surface area contributed by atoms with E-state index in [2.05, 4.69) is 70.8 Å². The molecule has 0 aliphatic heterocycles. The van der Waals surface area contributed by atoms with Gasteiger partial charge in [-0.15, -0.1) is 0 Å². The molecule has 0 N–H and O–H groups in total. The van der Waals surface area contributed by atoms with Crippen LogP contribution in [0, 0.1) is 12.8 Å². The van der Waals surface area contributed by atoms with Crippen LogP contribution >= 0.6 is 31.9 Å². The zero-order valence-corrected chi connectivity index (χ0v) is 12.0. The second-order valence-electron chi connectivity index (χ2n) is 3.93. The average Bonchev–Trinajstić information content (AvgIpc) is 2.20. The molecule has 14 heavy (non-hydrogen) atoms. The van der Waals surface area contributed by atoms with Gasteiger partial charge in [-0.05, 0) is 36.0 Å². The molecule has 1 aromatic carbocycles. The van der Waals surface area contributed by atoms with E-state index in [9.17, 15) is 0 Å². The van der Waals surface area contributed by atoms with Crippen LogP contribution in [0.15, 0.2) is 22.7 Å². The summed E-state index contributed by atoms with van der Waals surface area (Å²) in [5, 5.41) is 1.06. The summed E-state index contributed by atoms with van der Waals surface area (Å²) in [6.45, 7) is 6.70. The van der Waals surface area contributed by atoms with Crippen molar-refractivity contribution in [3.63, 3.8) is 0 Å². The predicted octanol–water partition coefficient (Wildman–Crippen LogP) is 4.89. The fraction of sp³-hybridized carbons (Fsp3) is 0.500. The summed E-state index contributed by atoms with van der Waals surface area (Å²) in [4.78, 5) is 0. The lowest BCUT2D eigenvalue weighted by molar-refractivity contribution is 0.546. The Labute approximate surface area is 103 Å². The number of rotatable bonds is 3. The highest BCUT2D eigenvalue weighted by molar-refractivity contribution is 9.10. The minimum absolute atomic E-state index is 0.612. The number of hydrogen-bond acceptors (Lipinski definition) is 0. The lowest BCUT2D eigenvalue weighted by atomic mass is 9.90. The largest absolute Gasteiger partial charge is 0.0925 e. The standard InChI is InChI=1S/C12H16Br2/c1-8-6-11(4-5-12(8)14)10(3)9(2)7-13/h4-6,9-10H,7H2,1-3H3. The van der Waals surface area contributed by atoms with Gasteiger partial charge in [0.25, 0.3) is 0 Å². The Bertz CT molecular complexity index is 307. The molecule has 1 rings (SSSR count). The SMILES string of the molecule is Cc1cc(C(C)C(C)CBr)ccc1Br. The summed E-state index contributed by atoms with van der Waals surface area (Å²) in [5.41, 5.74) is 2.74. The van der Waals surface area contributed by atoms with E-state index in [0.717, 1.165) is 5.33 Å². The van der Waals surface area contributed by atoms with Crippen molar-refractivity contribution < 1.29 is 0 Å². The molecule has 0 aromatic heterocycles. The molecule has 0 amide bonds. The smallest absolute Gasteiger partial charge is 0.0204 e. The predicted molar refractivity (Wildman–Crippen MR) is 70.3 cm³/mol. The maximum atomic E-state index is 3.54. The molecule has 0 heterocycles. The molecule has 2 unspecified atom stereocenters. The van der Waals surface area contributed by atoms with Gasteiger partial charge in [-0.2, -0.15) is 0 Å². The molecule has 0 aliphatic rings. The van der Waals surface area contributed by atoms with Gasteiger partial charge in [0.1, 0.15) is 0 Å². The highest BCUT2D eigenvalue weighted by Crippen LogP contribution is 2.28. The van der Waals surface area contributed by atoms with Crippen LogP contribution in [0.1, 0.15) is 30.9 Å². The van der Waals surface area contributed by atoms with E-state index < -0.39 is 0 Å². The zero-order chi connectivity index (χ0) is 10.7. The highest BCUT2D eigenvalue weighted by atomic mass is 79.9. The molecule has 0 saturated heterocycles. The van der Waals surface area contributed by atoms with E-state index in [1.165, 1.54) is 15.6 Å². The third-order valence-corrected chi connectivity index (χ3v) is 4.72. The summed E-state index contributed by atoms with van der Waals surface area (Å²) in [6, 6.07) is 6.62. The summed E-state index contributed by atoms with van der Waals surface area (Å²) in [7, 11) is 0. The van der Waals surface area contributed by atoms with Crippen molar-refractivity contribution in [1.29, 1.82) is 0 Å². The average molecular weight is 320 g/mol. The summed E-state index contributed by atoms with van der Waals surface area (Å²) in [6.07, 6.45) is 0. The topological polar surface area (TPSA) is 0 Å². The van der Waals surface area contributed by atoms with Gasteiger partial charge in [-0.1, -0.05) is 57.8 Å². The van der Waals surface area contributed by atoms with Crippen LogP contribution in [-0.4, -0.2) is 5.33 Å². The van der Waals surface area contributed by atoms with Gasteiger partial charge < -0.3 is 0 Å². The van der Waals surface area contributed by atoms with E-state index in [1.54, 1.807) is 0 Å². The van der Waals surface area contributed by atoms with Crippen molar-refractivity contribution >= 4 is 31.9 Å². The zero-order valence-electron chi connectivity index (χ0n) is 8.85. The Kier molecular flexibility index (Phi) is 4.65. The van der Waals surface area contributed by atoms with Gasteiger partial charge in [0.2, 0.25) is 0 Å². The van der Waals surface area contributed by atoms with Crippen LogP contribution < -0.4 is 0 Å². The Balaban J connectivity index is 2.91. The van der Waals surface area contributed by atoms with Crippen molar-refractivity contribution in [2.45, 2.75) is 26.7 Å². The molecule has 2 atom stereocenters. The molecule has 78 valence electrons. The third kappa shape index (κ3) is 2.83. The number of halogens is 2. The second-order valence-corrected chi connectivity index (χ2v) is 5.43. The quantitative estimate of drug-likeness (QED) is 0.696. The summed E-state index contributed by atoms with van der Waals surface area (Å²) in [5.74, 6) is 1.29. The van der Waals surface area contributed by atoms with Crippen LogP contribution in [0.2, 0.25) is 0 Å². The lowest BCUT2D eigenvalue weighted by Crippen LogP contribution is -2.07. The van der Waals surface area contributed by atoms with Crippen molar-refractivity contribution in [2.24, 2.45) is 5.92 Å². The number of aryl methyl sites for hydroxylation is 1. The van der Waals surface area contributed by atoms with Gasteiger partial charge in [0.05, 0.1) is 0 Å². The second kappa shape index (κ2) is 5.32. The minimum atomic E-state index is 0.612. The van der Waals surface area contributed by atoms with E-state index in [-0.39, 0.29) is 0 Å². The Morgan fingerprint density at radius 1 is 1.29 bits per heavy atom. The van der Waals surface area contributed by atoms with Crippen LogP contribution in [0.5, 0.6) is 0 Å². The maximum Gasteiger partial charge on any atom is 0.0204 e. The number of alkyl halides is 1. The van der Waals surface area contributed by atoms with Crippen LogP contribution in [0.25, 0.3) is 0 Å². The molecular weight excluding hydrogens is 304 g/mol. The molecule has 0 nitrogen and oxygen atoms in total. The molecular formula is C12H16Br2. The molecule has 0 saturated carbocycles. The van der Waals surface area contributed by atoms with Gasteiger partial charge in [-0.25, -0.2) is 0 Å². The lowest BCUT2D eigenvalue weighted by Gasteiger charge is -2.18.